The van der Waals surface area contributed by atoms with Crippen LogP contribution in [0.1, 0.15) is 51.9 Å². The van der Waals surface area contributed by atoms with Crippen LogP contribution < -0.4 is 0 Å². The Bertz CT molecular complexity index is 116. The Labute approximate surface area is 75.9 Å². The van der Waals surface area contributed by atoms with Crippen molar-refractivity contribution in [2.75, 3.05) is 0 Å². The SMILES string of the molecule is C/C=C/CCCCCCCC=O. The van der Waals surface area contributed by atoms with E-state index in [1.165, 1.54) is 32.1 Å². The molecule has 0 aliphatic carbocycles. The largest absolute Gasteiger partial charge is 0.303 e. The van der Waals surface area contributed by atoms with Gasteiger partial charge in [0, 0.05) is 6.42 Å². The molecule has 0 aromatic carbocycles. The van der Waals surface area contributed by atoms with Crippen LogP contribution in [0.25, 0.3) is 0 Å². The molecule has 0 amide bonds. The van der Waals surface area contributed by atoms with Crippen molar-refractivity contribution in [2.24, 2.45) is 0 Å². The van der Waals surface area contributed by atoms with Crippen LogP contribution in [0.2, 0.25) is 0 Å². The Morgan fingerprint density at radius 1 is 0.917 bits per heavy atom. The van der Waals surface area contributed by atoms with Gasteiger partial charge in [-0.25, -0.2) is 0 Å². The summed E-state index contributed by atoms with van der Waals surface area (Å²) in [6.45, 7) is 2.06. The molecular formula is C11H20O. The molecule has 1 heteroatoms. The third-order valence-corrected chi connectivity index (χ3v) is 1.93. The number of hydrogen-bond acceptors (Lipinski definition) is 1. The highest BCUT2D eigenvalue weighted by Crippen LogP contribution is 2.06. The number of rotatable bonds is 8. The summed E-state index contributed by atoms with van der Waals surface area (Å²) in [5, 5.41) is 0. The first kappa shape index (κ1) is 11.4. The van der Waals surface area contributed by atoms with Crippen molar-refractivity contribution in [3.8, 4) is 0 Å². The van der Waals surface area contributed by atoms with Crippen LogP contribution in [-0.4, -0.2) is 6.29 Å². The minimum Gasteiger partial charge on any atom is -0.303 e. The predicted octanol–water partition coefficient (Wildman–Crippen LogP) is 3.49. The molecule has 0 spiro atoms. The van der Waals surface area contributed by atoms with E-state index in [9.17, 15) is 4.79 Å². The summed E-state index contributed by atoms with van der Waals surface area (Å²) in [6.07, 6.45) is 13.5. The molecule has 12 heavy (non-hydrogen) atoms. The standard InChI is InChI=1S/C11H20O/c1-2-3-4-5-6-7-8-9-10-11-12/h2-3,11H,4-10H2,1H3/b3-2+. The highest BCUT2D eigenvalue weighted by Gasteiger charge is 1.88. The van der Waals surface area contributed by atoms with E-state index >= 15 is 0 Å². The molecular weight excluding hydrogens is 148 g/mol. The fraction of sp³-hybridized carbons (Fsp3) is 0.727. The second-order valence-electron chi connectivity index (χ2n) is 3.08. The Balaban J connectivity index is 2.86. The van der Waals surface area contributed by atoms with Gasteiger partial charge in [-0.05, 0) is 26.2 Å². The first-order chi connectivity index (χ1) is 5.91. The Morgan fingerprint density at radius 2 is 1.50 bits per heavy atom. The summed E-state index contributed by atoms with van der Waals surface area (Å²) >= 11 is 0. The number of carbonyl (C=O) groups excluding carboxylic acids is 1. The minimum absolute atomic E-state index is 0.745. The van der Waals surface area contributed by atoms with Gasteiger partial charge in [0.2, 0.25) is 0 Å². The molecule has 0 saturated carbocycles. The lowest BCUT2D eigenvalue weighted by Crippen LogP contribution is -1.79. The van der Waals surface area contributed by atoms with E-state index in [0.717, 1.165) is 19.1 Å². The molecule has 0 saturated heterocycles. The molecule has 0 atom stereocenters. The molecule has 0 aromatic rings. The molecule has 0 heterocycles. The molecule has 0 aliphatic rings. The number of allylic oxidation sites excluding steroid dienone is 2. The third kappa shape index (κ3) is 9.41. The average molecular weight is 168 g/mol. The van der Waals surface area contributed by atoms with Crippen LogP contribution in [-0.2, 0) is 4.79 Å². The van der Waals surface area contributed by atoms with Gasteiger partial charge >= 0.3 is 0 Å². The normalized spacial score (nSPS) is 10.8. The summed E-state index contributed by atoms with van der Waals surface area (Å²) in [5.74, 6) is 0. The number of carbonyl (C=O) groups is 1. The van der Waals surface area contributed by atoms with Crippen molar-refractivity contribution < 1.29 is 4.79 Å². The van der Waals surface area contributed by atoms with Crippen LogP contribution in [0.5, 0.6) is 0 Å². The van der Waals surface area contributed by atoms with Crippen LogP contribution in [0, 0.1) is 0 Å². The van der Waals surface area contributed by atoms with Gasteiger partial charge in [0.1, 0.15) is 6.29 Å². The number of unbranched alkanes of at least 4 members (excludes halogenated alkanes) is 6. The Morgan fingerprint density at radius 3 is 2.08 bits per heavy atom. The van der Waals surface area contributed by atoms with Crippen LogP contribution in [0.3, 0.4) is 0 Å². The van der Waals surface area contributed by atoms with Gasteiger partial charge in [0.05, 0.1) is 0 Å². The summed E-state index contributed by atoms with van der Waals surface area (Å²) < 4.78 is 0. The fourth-order valence-electron chi connectivity index (χ4n) is 1.19. The smallest absolute Gasteiger partial charge is 0.119 e. The van der Waals surface area contributed by atoms with Gasteiger partial charge in [-0.3, -0.25) is 0 Å². The summed E-state index contributed by atoms with van der Waals surface area (Å²) in [7, 11) is 0. The van der Waals surface area contributed by atoms with Crippen molar-refractivity contribution in [1.29, 1.82) is 0 Å². The van der Waals surface area contributed by atoms with Gasteiger partial charge in [-0.2, -0.15) is 0 Å². The lowest BCUT2D eigenvalue weighted by Gasteiger charge is -1.96. The lowest BCUT2D eigenvalue weighted by molar-refractivity contribution is -0.107. The zero-order chi connectivity index (χ0) is 9.07. The van der Waals surface area contributed by atoms with Gasteiger partial charge in [-0.15, -0.1) is 0 Å². The number of hydrogen-bond donors (Lipinski definition) is 0. The Hall–Kier alpha value is -0.590. The molecule has 1 nitrogen and oxygen atoms in total. The summed E-state index contributed by atoms with van der Waals surface area (Å²) in [5.41, 5.74) is 0. The lowest BCUT2D eigenvalue weighted by atomic mass is 10.1. The van der Waals surface area contributed by atoms with E-state index in [2.05, 4.69) is 19.1 Å². The topological polar surface area (TPSA) is 17.1 Å². The van der Waals surface area contributed by atoms with E-state index in [1.54, 1.807) is 0 Å². The van der Waals surface area contributed by atoms with E-state index in [4.69, 9.17) is 0 Å². The molecule has 0 aromatic heterocycles. The van der Waals surface area contributed by atoms with Crippen molar-refractivity contribution in [2.45, 2.75) is 51.9 Å². The van der Waals surface area contributed by atoms with Crippen LogP contribution in [0.4, 0.5) is 0 Å². The van der Waals surface area contributed by atoms with E-state index < -0.39 is 0 Å². The molecule has 70 valence electrons. The zero-order valence-corrected chi connectivity index (χ0v) is 8.09. The summed E-state index contributed by atoms with van der Waals surface area (Å²) in [4.78, 5) is 9.97. The quantitative estimate of drug-likeness (QED) is 0.308. The third-order valence-electron chi connectivity index (χ3n) is 1.93. The average Bonchev–Trinajstić information content (AvgIpc) is 2.10. The van der Waals surface area contributed by atoms with Crippen LogP contribution >= 0.6 is 0 Å². The van der Waals surface area contributed by atoms with Gasteiger partial charge < -0.3 is 4.79 Å². The molecule has 0 radical (unpaired) electrons. The predicted molar refractivity (Wildman–Crippen MR) is 53.2 cm³/mol. The van der Waals surface area contributed by atoms with Crippen molar-refractivity contribution >= 4 is 6.29 Å². The maximum atomic E-state index is 9.97. The van der Waals surface area contributed by atoms with Crippen molar-refractivity contribution in [3.63, 3.8) is 0 Å². The maximum absolute atomic E-state index is 9.97. The van der Waals surface area contributed by atoms with Crippen molar-refractivity contribution in [1.82, 2.24) is 0 Å². The second kappa shape index (κ2) is 10.4. The number of aldehydes is 1. The molecule has 0 rings (SSSR count). The van der Waals surface area contributed by atoms with Crippen molar-refractivity contribution in [3.05, 3.63) is 12.2 Å². The zero-order valence-electron chi connectivity index (χ0n) is 8.09. The summed E-state index contributed by atoms with van der Waals surface area (Å²) in [6, 6.07) is 0. The highest BCUT2D eigenvalue weighted by molar-refractivity contribution is 5.48. The van der Waals surface area contributed by atoms with E-state index in [-0.39, 0.29) is 0 Å². The van der Waals surface area contributed by atoms with E-state index in [0.29, 0.717) is 0 Å². The minimum atomic E-state index is 0.745. The Kier molecular flexibility index (Phi) is 9.90. The van der Waals surface area contributed by atoms with Crippen LogP contribution in [0.15, 0.2) is 12.2 Å². The fourth-order valence-corrected chi connectivity index (χ4v) is 1.19. The highest BCUT2D eigenvalue weighted by atomic mass is 16.1. The molecule has 0 aliphatic heterocycles. The molecule has 0 N–H and O–H groups in total. The van der Waals surface area contributed by atoms with Gasteiger partial charge in [0.25, 0.3) is 0 Å². The van der Waals surface area contributed by atoms with E-state index in [1.807, 2.05) is 0 Å². The molecule has 0 unspecified atom stereocenters. The first-order valence-electron chi connectivity index (χ1n) is 4.96. The van der Waals surface area contributed by atoms with Gasteiger partial charge in [-0.1, -0.05) is 31.4 Å². The second-order valence-corrected chi connectivity index (χ2v) is 3.08. The molecule has 0 fully saturated rings. The monoisotopic (exact) mass is 168 g/mol. The van der Waals surface area contributed by atoms with Gasteiger partial charge in [0.15, 0.2) is 0 Å². The molecule has 0 bridgehead atoms. The first-order valence-corrected chi connectivity index (χ1v) is 4.96. The maximum Gasteiger partial charge on any atom is 0.119 e.